The molecule has 23 heavy (non-hydrogen) atoms. The van der Waals surface area contributed by atoms with Crippen molar-refractivity contribution in [3.05, 3.63) is 76.4 Å². The van der Waals surface area contributed by atoms with Crippen molar-refractivity contribution in [2.75, 3.05) is 0 Å². The predicted molar refractivity (Wildman–Crippen MR) is 102 cm³/mol. The van der Waals surface area contributed by atoms with Crippen molar-refractivity contribution in [3.63, 3.8) is 0 Å². The lowest BCUT2D eigenvalue weighted by Gasteiger charge is -2.21. The first-order chi connectivity index (χ1) is 11.1. The Kier molecular flexibility index (Phi) is 3.42. The lowest BCUT2D eigenvalue weighted by atomic mass is 9.92. The van der Waals surface area contributed by atoms with E-state index >= 15 is 0 Å². The van der Waals surface area contributed by atoms with Crippen molar-refractivity contribution in [1.29, 1.82) is 0 Å². The number of hydrogen-bond acceptors (Lipinski definition) is 0. The molecule has 2 aliphatic rings. The van der Waals surface area contributed by atoms with Gasteiger partial charge in [0.25, 0.3) is 0 Å². The van der Waals surface area contributed by atoms with Gasteiger partial charge < -0.3 is 0 Å². The van der Waals surface area contributed by atoms with Crippen LogP contribution in [-0.4, -0.2) is 8.80 Å². The van der Waals surface area contributed by atoms with Crippen molar-refractivity contribution in [2.24, 2.45) is 0 Å². The van der Waals surface area contributed by atoms with Gasteiger partial charge in [-0.1, -0.05) is 67.2 Å². The molecule has 1 radical (unpaired) electrons. The van der Waals surface area contributed by atoms with Crippen LogP contribution in [0.4, 0.5) is 0 Å². The molecule has 2 aromatic carbocycles. The van der Waals surface area contributed by atoms with E-state index in [0.717, 1.165) is 6.42 Å². The van der Waals surface area contributed by atoms with Crippen LogP contribution in [0.25, 0.3) is 16.7 Å². The van der Waals surface area contributed by atoms with Crippen LogP contribution in [0, 0.1) is 0 Å². The summed E-state index contributed by atoms with van der Waals surface area (Å²) in [5.74, 6) is 0. The number of allylic oxidation sites excluding steroid dienone is 4. The highest BCUT2D eigenvalue weighted by molar-refractivity contribution is 6.59. The quantitative estimate of drug-likeness (QED) is 0.577. The minimum Gasteiger partial charge on any atom is -0.0769 e. The van der Waals surface area contributed by atoms with Gasteiger partial charge in [0.05, 0.1) is 8.80 Å². The fraction of sp³-hybridized carbons (Fsp3) is 0.273. The lowest BCUT2D eigenvalue weighted by Crippen LogP contribution is -2.16. The molecular weight excluding hydrogens is 292 g/mol. The first-order valence-electron chi connectivity index (χ1n) is 8.49. The van der Waals surface area contributed by atoms with Crippen molar-refractivity contribution in [3.8, 4) is 11.1 Å². The first kappa shape index (κ1) is 14.7. The van der Waals surface area contributed by atoms with E-state index in [1.54, 1.807) is 16.7 Å². The van der Waals surface area contributed by atoms with Crippen LogP contribution < -0.4 is 0 Å². The summed E-state index contributed by atoms with van der Waals surface area (Å²) >= 11 is 0. The van der Waals surface area contributed by atoms with Crippen LogP contribution >= 0.6 is 0 Å². The van der Waals surface area contributed by atoms with Crippen LogP contribution in [0.5, 0.6) is 0 Å². The molecule has 0 saturated heterocycles. The maximum atomic E-state index is 2.46. The van der Waals surface area contributed by atoms with E-state index in [2.05, 4.69) is 75.5 Å². The number of benzene rings is 2. The van der Waals surface area contributed by atoms with E-state index < -0.39 is 8.80 Å². The monoisotopic (exact) mass is 315 g/mol. The van der Waals surface area contributed by atoms with Crippen molar-refractivity contribution >= 4 is 14.4 Å². The Bertz CT molecular complexity index is 852. The molecule has 1 heteroatoms. The molecule has 0 nitrogen and oxygen atoms in total. The highest BCUT2D eigenvalue weighted by Gasteiger charge is 2.34. The van der Waals surface area contributed by atoms with Gasteiger partial charge >= 0.3 is 0 Å². The van der Waals surface area contributed by atoms with Crippen LogP contribution in [0.1, 0.15) is 42.5 Å². The van der Waals surface area contributed by atoms with E-state index in [0.29, 0.717) is 5.54 Å². The van der Waals surface area contributed by atoms with Crippen LogP contribution in [0.15, 0.2) is 59.7 Å². The molecule has 2 aromatic rings. The summed E-state index contributed by atoms with van der Waals surface area (Å²) in [5.41, 5.74) is 12.7. The molecule has 0 spiro atoms. The molecule has 0 bridgehead atoms. The van der Waals surface area contributed by atoms with Gasteiger partial charge in [0.15, 0.2) is 0 Å². The topological polar surface area (TPSA) is 0 Å². The largest absolute Gasteiger partial charge is 0.0769 e. The zero-order valence-electron chi connectivity index (χ0n) is 14.4. The smallest absolute Gasteiger partial charge is 0.0556 e. The van der Waals surface area contributed by atoms with E-state index in [9.17, 15) is 0 Å². The molecule has 0 saturated carbocycles. The Morgan fingerprint density at radius 3 is 2.26 bits per heavy atom. The summed E-state index contributed by atoms with van der Waals surface area (Å²) in [5, 5.41) is 0. The summed E-state index contributed by atoms with van der Waals surface area (Å²) < 4.78 is 0. The average Bonchev–Trinajstić information content (AvgIpc) is 3.06. The summed E-state index contributed by atoms with van der Waals surface area (Å²) in [7, 11) is -0.457. The second-order valence-electron chi connectivity index (χ2n) is 7.06. The van der Waals surface area contributed by atoms with Crippen LogP contribution in [0.2, 0.25) is 13.1 Å². The Balaban J connectivity index is 1.99. The van der Waals surface area contributed by atoms with E-state index in [1.165, 1.54) is 27.8 Å². The average molecular weight is 316 g/mol. The highest BCUT2D eigenvalue weighted by Crippen LogP contribution is 2.50. The van der Waals surface area contributed by atoms with Gasteiger partial charge in [-0.3, -0.25) is 0 Å². The zero-order chi connectivity index (χ0) is 16.1. The third-order valence-electron chi connectivity index (χ3n) is 5.52. The fourth-order valence-corrected chi connectivity index (χ4v) is 6.00. The minimum atomic E-state index is -0.457. The number of fused-ring (bicyclic) bond motifs is 3. The summed E-state index contributed by atoms with van der Waals surface area (Å²) in [6.07, 6.45) is 3.47. The summed E-state index contributed by atoms with van der Waals surface area (Å²) in [6.45, 7) is 9.44. The molecular formula is C22H23Si. The van der Waals surface area contributed by atoms with Crippen molar-refractivity contribution in [1.82, 2.24) is 0 Å². The normalized spacial score (nSPS) is 19.2. The lowest BCUT2D eigenvalue weighted by molar-refractivity contribution is 1.14. The Hall–Kier alpha value is -1.86. The molecule has 0 aromatic heterocycles. The highest BCUT2D eigenvalue weighted by atomic mass is 28.3. The van der Waals surface area contributed by atoms with E-state index in [1.807, 2.05) is 0 Å². The molecule has 1 unspecified atom stereocenters. The minimum absolute atomic E-state index is 0.457. The van der Waals surface area contributed by atoms with E-state index in [4.69, 9.17) is 0 Å². The number of rotatable bonds is 2. The van der Waals surface area contributed by atoms with Crippen molar-refractivity contribution in [2.45, 2.75) is 38.9 Å². The Morgan fingerprint density at radius 2 is 1.57 bits per heavy atom. The standard InChI is InChI=1S/C22H23Si/c1-14-12-13-16(15(14)2)18-10-7-11-19-17-8-5-6-9-20(17)22(21(18)19)23(3)4/h5-12,22H,13H2,1-4H3. The van der Waals surface area contributed by atoms with Gasteiger partial charge in [0.2, 0.25) is 0 Å². The zero-order valence-corrected chi connectivity index (χ0v) is 15.4. The Morgan fingerprint density at radius 1 is 0.870 bits per heavy atom. The van der Waals surface area contributed by atoms with Crippen LogP contribution in [0.3, 0.4) is 0 Å². The molecule has 4 rings (SSSR count). The maximum absolute atomic E-state index is 2.46. The molecule has 0 fully saturated rings. The van der Waals surface area contributed by atoms with Gasteiger partial charge in [-0.25, -0.2) is 0 Å². The predicted octanol–water partition coefficient (Wildman–Crippen LogP) is 6.22. The SMILES string of the molecule is CC1=CCC(c2cccc3c2C([Si](C)C)c2ccccc2-3)=C1C. The molecule has 1 atom stereocenters. The first-order valence-corrected chi connectivity index (χ1v) is 11.1. The second-order valence-corrected chi connectivity index (χ2v) is 9.79. The second kappa shape index (κ2) is 5.35. The third kappa shape index (κ3) is 2.10. The van der Waals surface area contributed by atoms with Crippen LogP contribution in [-0.2, 0) is 0 Å². The van der Waals surface area contributed by atoms with Gasteiger partial charge in [0, 0.05) is 5.54 Å². The van der Waals surface area contributed by atoms with E-state index in [-0.39, 0.29) is 0 Å². The molecule has 2 aliphatic carbocycles. The Labute approximate surface area is 141 Å². The molecule has 115 valence electrons. The molecule has 0 heterocycles. The van der Waals surface area contributed by atoms with Gasteiger partial charge in [0.1, 0.15) is 0 Å². The third-order valence-corrected chi connectivity index (χ3v) is 7.27. The van der Waals surface area contributed by atoms with Gasteiger partial charge in [-0.2, -0.15) is 0 Å². The van der Waals surface area contributed by atoms with Gasteiger partial charge in [-0.15, -0.1) is 0 Å². The molecule has 0 amide bonds. The van der Waals surface area contributed by atoms with Gasteiger partial charge in [-0.05, 0) is 59.2 Å². The summed E-state index contributed by atoms with van der Waals surface area (Å²) in [6, 6.07) is 16.0. The molecule has 0 aliphatic heterocycles. The summed E-state index contributed by atoms with van der Waals surface area (Å²) in [4.78, 5) is 0. The maximum Gasteiger partial charge on any atom is 0.0556 e. The molecule has 0 N–H and O–H groups in total. The van der Waals surface area contributed by atoms with Crippen molar-refractivity contribution < 1.29 is 0 Å². The fourth-order valence-electron chi connectivity index (χ4n) is 4.23. The number of hydrogen-bond donors (Lipinski definition) is 0.